The molecule has 0 aromatic heterocycles. The molecule has 0 N–H and O–H groups in total. The molecule has 0 saturated carbocycles. The molecule has 0 saturated heterocycles. The van der Waals surface area contributed by atoms with Crippen LogP contribution >= 0.6 is 0 Å². The zero-order chi connectivity index (χ0) is 14.1. The van der Waals surface area contributed by atoms with Crippen molar-refractivity contribution in [2.24, 2.45) is 0 Å². The molecular formula is C15H19FO3. The van der Waals surface area contributed by atoms with Gasteiger partial charge in [0, 0.05) is 18.4 Å². The molecule has 0 unspecified atom stereocenters. The van der Waals surface area contributed by atoms with E-state index in [1.807, 2.05) is 0 Å². The Morgan fingerprint density at radius 3 is 2.32 bits per heavy atom. The third kappa shape index (κ3) is 6.13. The first-order chi connectivity index (χ1) is 9.13. The van der Waals surface area contributed by atoms with Crippen molar-refractivity contribution in [3.05, 3.63) is 35.6 Å². The van der Waals surface area contributed by atoms with E-state index >= 15 is 0 Å². The van der Waals surface area contributed by atoms with E-state index in [4.69, 9.17) is 4.74 Å². The Morgan fingerprint density at radius 1 is 1.05 bits per heavy atom. The highest BCUT2D eigenvalue weighted by atomic mass is 19.1. The quantitative estimate of drug-likeness (QED) is 0.411. The van der Waals surface area contributed by atoms with Gasteiger partial charge < -0.3 is 4.74 Å². The van der Waals surface area contributed by atoms with Gasteiger partial charge >= 0.3 is 5.97 Å². The van der Waals surface area contributed by atoms with Gasteiger partial charge in [-0.3, -0.25) is 9.59 Å². The maximum absolute atomic E-state index is 12.7. The molecule has 1 aromatic rings. The Hall–Kier alpha value is -1.71. The normalized spacial score (nSPS) is 10.2. The fourth-order valence-corrected chi connectivity index (χ4v) is 1.74. The molecule has 104 valence electrons. The van der Waals surface area contributed by atoms with Gasteiger partial charge in [-0.05, 0) is 44.0 Å². The topological polar surface area (TPSA) is 43.4 Å². The number of rotatable bonds is 8. The second-order valence-corrected chi connectivity index (χ2v) is 4.30. The van der Waals surface area contributed by atoms with Crippen LogP contribution in [-0.2, 0) is 9.53 Å². The number of Topliss-reactive ketones (excluding diaryl/α,β-unsaturated/α-hetero) is 1. The van der Waals surface area contributed by atoms with Crippen LogP contribution in [0.15, 0.2) is 24.3 Å². The number of carbonyl (C=O) groups is 2. The molecule has 4 heteroatoms. The zero-order valence-electron chi connectivity index (χ0n) is 11.2. The summed E-state index contributed by atoms with van der Waals surface area (Å²) in [6.07, 6.45) is 3.10. The van der Waals surface area contributed by atoms with Crippen LogP contribution in [0.5, 0.6) is 0 Å². The second-order valence-electron chi connectivity index (χ2n) is 4.30. The van der Waals surface area contributed by atoms with E-state index in [1.165, 1.54) is 24.3 Å². The summed E-state index contributed by atoms with van der Waals surface area (Å²) in [6, 6.07) is 5.56. The van der Waals surface area contributed by atoms with Gasteiger partial charge in [-0.1, -0.05) is 6.42 Å². The minimum atomic E-state index is -0.342. The van der Waals surface area contributed by atoms with Crippen molar-refractivity contribution in [1.82, 2.24) is 0 Å². The summed E-state index contributed by atoms with van der Waals surface area (Å²) in [6.45, 7) is 2.18. The van der Waals surface area contributed by atoms with Crippen LogP contribution in [0.4, 0.5) is 4.39 Å². The lowest BCUT2D eigenvalue weighted by Crippen LogP contribution is -2.03. The molecule has 0 aliphatic carbocycles. The molecule has 0 aliphatic rings. The Kier molecular flexibility index (Phi) is 6.79. The molecule has 0 bridgehead atoms. The lowest BCUT2D eigenvalue weighted by atomic mass is 10.0. The number of hydrogen-bond acceptors (Lipinski definition) is 3. The van der Waals surface area contributed by atoms with Gasteiger partial charge in [-0.2, -0.15) is 0 Å². The molecule has 0 radical (unpaired) electrons. The lowest BCUT2D eigenvalue weighted by Gasteiger charge is -2.02. The molecule has 1 rings (SSSR count). The number of benzene rings is 1. The molecule has 0 fully saturated rings. The summed E-state index contributed by atoms with van der Waals surface area (Å²) in [5, 5.41) is 0. The molecule has 3 nitrogen and oxygen atoms in total. The monoisotopic (exact) mass is 266 g/mol. The van der Waals surface area contributed by atoms with E-state index in [0.717, 1.165) is 19.3 Å². The maximum atomic E-state index is 12.7. The maximum Gasteiger partial charge on any atom is 0.305 e. The lowest BCUT2D eigenvalue weighted by molar-refractivity contribution is -0.143. The Balaban J connectivity index is 2.17. The first-order valence-corrected chi connectivity index (χ1v) is 6.58. The highest BCUT2D eigenvalue weighted by Gasteiger charge is 2.06. The smallest absolute Gasteiger partial charge is 0.305 e. The van der Waals surface area contributed by atoms with Crippen molar-refractivity contribution in [1.29, 1.82) is 0 Å². The first kappa shape index (κ1) is 15.3. The Labute approximate surface area is 112 Å². The summed E-state index contributed by atoms with van der Waals surface area (Å²) in [7, 11) is 0. The molecule has 19 heavy (non-hydrogen) atoms. The van der Waals surface area contributed by atoms with Crippen molar-refractivity contribution in [3.63, 3.8) is 0 Å². The van der Waals surface area contributed by atoms with Gasteiger partial charge in [-0.15, -0.1) is 0 Å². The van der Waals surface area contributed by atoms with Crippen molar-refractivity contribution < 1.29 is 18.7 Å². The van der Waals surface area contributed by atoms with E-state index in [0.29, 0.717) is 25.0 Å². The number of carbonyl (C=O) groups excluding carboxylic acids is 2. The average molecular weight is 266 g/mol. The minimum Gasteiger partial charge on any atom is -0.466 e. The second kappa shape index (κ2) is 8.40. The highest BCUT2D eigenvalue weighted by Crippen LogP contribution is 2.10. The summed E-state index contributed by atoms with van der Waals surface area (Å²) >= 11 is 0. The van der Waals surface area contributed by atoms with Crippen molar-refractivity contribution >= 4 is 11.8 Å². The van der Waals surface area contributed by atoms with E-state index < -0.39 is 0 Å². The molecule has 0 amide bonds. The van der Waals surface area contributed by atoms with Gasteiger partial charge in [-0.25, -0.2) is 4.39 Å². The predicted molar refractivity (Wildman–Crippen MR) is 70.4 cm³/mol. The fraction of sp³-hybridized carbons (Fsp3) is 0.467. The summed E-state index contributed by atoms with van der Waals surface area (Å²) < 4.78 is 17.5. The van der Waals surface area contributed by atoms with E-state index in [9.17, 15) is 14.0 Å². The molecule has 0 heterocycles. The number of ketones is 1. The van der Waals surface area contributed by atoms with Crippen LogP contribution in [0, 0.1) is 5.82 Å². The number of hydrogen-bond donors (Lipinski definition) is 0. The summed E-state index contributed by atoms with van der Waals surface area (Å²) in [5.74, 6) is -0.519. The van der Waals surface area contributed by atoms with Crippen LogP contribution in [0.1, 0.15) is 49.4 Å². The van der Waals surface area contributed by atoms with Gasteiger partial charge in [0.1, 0.15) is 5.82 Å². The van der Waals surface area contributed by atoms with Gasteiger partial charge in [0.15, 0.2) is 5.78 Å². The van der Waals surface area contributed by atoms with E-state index in [1.54, 1.807) is 6.92 Å². The number of ether oxygens (including phenoxy) is 1. The minimum absolute atomic E-state index is 0.0103. The summed E-state index contributed by atoms with van der Waals surface area (Å²) in [4.78, 5) is 22.8. The summed E-state index contributed by atoms with van der Waals surface area (Å²) in [5.41, 5.74) is 0.534. The molecule has 0 aliphatic heterocycles. The van der Waals surface area contributed by atoms with Crippen LogP contribution in [0.25, 0.3) is 0 Å². The van der Waals surface area contributed by atoms with Crippen LogP contribution in [0.2, 0.25) is 0 Å². The SMILES string of the molecule is CCOC(=O)CCCCCC(=O)c1ccc(F)cc1. The van der Waals surface area contributed by atoms with Crippen LogP contribution in [-0.4, -0.2) is 18.4 Å². The standard InChI is InChI=1S/C15H19FO3/c1-2-19-15(18)7-5-3-4-6-14(17)12-8-10-13(16)11-9-12/h8-11H,2-7H2,1H3. The van der Waals surface area contributed by atoms with Crippen molar-refractivity contribution in [2.75, 3.05) is 6.61 Å². The number of unbranched alkanes of at least 4 members (excludes halogenated alkanes) is 2. The molecule has 0 atom stereocenters. The number of esters is 1. The highest BCUT2D eigenvalue weighted by molar-refractivity contribution is 5.95. The largest absolute Gasteiger partial charge is 0.466 e. The Bertz CT molecular complexity index is 412. The zero-order valence-corrected chi connectivity index (χ0v) is 11.2. The van der Waals surface area contributed by atoms with Gasteiger partial charge in [0.05, 0.1) is 6.61 Å². The van der Waals surface area contributed by atoms with Gasteiger partial charge in [0.2, 0.25) is 0 Å². The molecule has 1 aromatic carbocycles. The van der Waals surface area contributed by atoms with Crippen LogP contribution < -0.4 is 0 Å². The van der Waals surface area contributed by atoms with Crippen LogP contribution in [0.3, 0.4) is 0 Å². The van der Waals surface area contributed by atoms with Crippen molar-refractivity contribution in [3.8, 4) is 0 Å². The van der Waals surface area contributed by atoms with E-state index in [-0.39, 0.29) is 17.6 Å². The van der Waals surface area contributed by atoms with E-state index in [2.05, 4.69) is 0 Å². The predicted octanol–water partition coefficient (Wildman–Crippen LogP) is 3.52. The fourth-order valence-electron chi connectivity index (χ4n) is 1.74. The van der Waals surface area contributed by atoms with Gasteiger partial charge in [0.25, 0.3) is 0 Å². The average Bonchev–Trinajstić information content (AvgIpc) is 2.39. The molecule has 0 spiro atoms. The first-order valence-electron chi connectivity index (χ1n) is 6.58. The number of halogens is 1. The van der Waals surface area contributed by atoms with Crippen molar-refractivity contribution in [2.45, 2.75) is 39.0 Å². The third-order valence-electron chi connectivity index (χ3n) is 2.76. The Morgan fingerprint density at radius 2 is 1.68 bits per heavy atom. The third-order valence-corrected chi connectivity index (χ3v) is 2.76. The molecular weight excluding hydrogens is 247 g/mol.